The number of amides is 1. The number of nitrogens with zero attached hydrogens (tertiary/aromatic N) is 1. The van der Waals surface area contributed by atoms with Crippen LogP contribution in [0.25, 0.3) is 0 Å². The second-order valence-corrected chi connectivity index (χ2v) is 8.24. The Hall–Kier alpha value is -1.40. The van der Waals surface area contributed by atoms with Crippen LogP contribution in [0.3, 0.4) is 0 Å². The van der Waals surface area contributed by atoms with Gasteiger partial charge < -0.3 is 5.32 Å². The summed E-state index contributed by atoms with van der Waals surface area (Å²) in [7, 11) is -3.09. The number of benzene rings is 1. The van der Waals surface area contributed by atoms with Gasteiger partial charge in [-0.05, 0) is 42.9 Å². The Bertz CT molecular complexity index is 618. The Kier molecular flexibility index (Phi) is 6.18. The molecule has 1 aliphatic rings. The highest BCUT2D eigenvalue weighted by Gasteiger charge is 2.25. The summed E-state index contributed by atoms with van der Waals surface area (Å²) in [5.41, 5.74) is 1.93. The van der Waals surface area contributed by atoms with Gasteiger partial charge in [0.1, 0.15) is 0 Å². The van der Waals surface area contributed by atoms with Gasteiger partial charge in [0.15, 0.2) is 0 Å². The van der Waals surface area contributed by atoms with Gasteiger partial charge in [0.25, 0.3) is 5.91 Å². The van der Waals surface area contributed by atoms with Crippen molar-refractivity contribution in [3.63, 3.8) is 0 Å². The number of hydrogen-bond acceptors (Lipinski definition) is 3. The van der Waals surface area contributed by atoms with Gasteiger partial charge in [0.05, 0.1) is 6.26 Å². The Labute approximate surface area is 139 Å². The largest absolute Gasteiger partial charge is 0.352 e. The van der Waals surface area contributed by atoms with Crippen LogP contribution in [0.1, 0.15) is 42.1 Å². The van der Waals surface area contributed by atoms with E-state index in [4.69, 9.17) is 0 Å². The minimum Gasteiger partial charge on any atom is -0.352 e. The number of carbonyl (C=O) groups is 1. The summed E-state index contributed by atoms with van der Waals surface area (Å²) in [6.07, 6.45) is 4.96. The van der Waals surface area contributed by atoms with Crippen LogP contribution in [0, 0.1) is 5.92 Å². The van der Waals surface area contributed by atoms with Crippen molar-refractivity contribution in [1.29, 1.82) is 0 Å². The van der Waals surface area contributed by atoms with Crippen LogP contribution >= 0.6 is 0 Å². The molecule has 0 unspecified atom stereocenters. The maximum atomic E-state index is 12.2. The van der Waals surface area contributed by atoms with Gasteiger partial charge in [-0.15, -0.1) is 0 Å². The molecule has 1 amide bonds. The van der Waals surface area contributed by atoms with Crippen molar-refractivity contribution in [1.82, 2.24) is 9.62 Å². The molecule has 0 bridgehead atoms. The minimum atomic E-state index is -3.09. The van der Waals surface area contributed by atoms with Crippen molar-refractivity contribution < 1.29 is 13.2 Å². The summed E-state index contributed by atoms with van der Waals surface area (Å²) < 4.78 is 24.5. The Morgan fingerprint density at radius 3 is 2.35 bits per heavy atom. The number of piperidine rings is 1. The van der Waals surface area contributed by atoms with Crippen LogP contribution in [0.4, 0.5) is 0 Å². The molecule has 0 saturated carbocycles. The average Bonchev–Trinajstić information content (AvgIpc) is 2.53. The highest BCUT2D eigenvalue weighted by molar-refractivity contribution is 7.88. The van der Waals surface area contributed by atoms with Crippen LogP contribution < -0.4 is 5.32 Å². The Balaban J connectivity index is 1.79. The van der Waals surface area contributed by atoms with E-state index in [1.165, 1.54) is 16.1 Å². The highest BCUT2D eigenvalue weighted by Crippen LogP contribution is 2.18. The fraction of sp³-hybridized carbons (Fsp3) is 0.588. The van der Waals surface area contributed by atoms with Crippen molar-refractivity contribution in [3.8, 4) is 0 Å². The number of sulfonamides is 1. The molecule has 1 aliphatic heterocycles. The summed E-state index contributed by atoms with van der Waals surface area (Å²) in [5, 5.41) is 2.97. The lowest BCUT2D eigenvalue weighted by Crippen LogP contribution is -2.41. The van der Waals surface area contributed by atoms with E-state index in [-0.39, 0.29) is 5.91 Å². The molecule has 1 aromatic rings. The SMILES string of the molecule is CCCc1ccc(C(=O)NCC2CCN(S(C)(=O)=O)CC2)cc1. The summed E-state index contributed by atoms with van der Waals surface area (Å²) in [5.74, 6) is 0.287. The van der Waals surface area contributed by atoms with Crippen LogP contribution in [0.15, 0.2) is 24.3 Å². The molecule has 0 radical (unpaired) electrons. The third kappa shape index (κ3) is 5.32. The third-order valence-electron chi connectivity index (χ3n) is 4.35. The molecular weight excluding hydrogens is 312 g/mol. The molecule has 0 spiro atoms. The van der Waals surface area contributed by atoms with Crippen molar-refractivity contribution >= 4 is 15.9 Å². The summed E-state index contributed by atoms with van der Waals surface area (Å²) in [6.45, 7) is 3.83. The van der Waals surface area contributed by atoms with E-state index in [0.29, 0.717) is 31.1 Å². The minimum absolute atomic E-state index is 0.0569. The van der Waals surface area contributed by atoms with Crippen molar-refractivity contribution in [2.24, 2.45) is 5.92 Å². The third-order valence-corrected chi connectivity index (χ3v) is 5.65. The Morgan fingerprint density at radius 1 is 1.22 bits per heavy atom. The van der Waals surface area contributed by atoms with Gasteiger partial charge in [0, 0.05) is 25.2 Å². The summed E-state index contributed by atoms with van der Waals surface area (Å²) >= 11 is 0. The van der Waals surface area contributed by atoms with E-state index >= 15 is 0 Å². The average molecular weight is 338 g/mol. The van der Waals surface area contributed by atoms with Crippen LogP contribution in [0.2, 0.25) is 0 Å². The number of rotatable bonds is 6. The van der Waals surface area contributed by atoms with Gasteiger partial charge in [-0.1, -0.05) is 25.5 Å². The van der Waals surface area contributed by atoms with Crippen molar-refractivity contribution in [2.75, 3.05) is 25.9 Å². The molecule has 1 N–H and O–H groups in total. The zero-order valence-electron chi connectivity index (χ0n) is 13.9. The smallest absolute Gasteiger partial charge is 0.251 e. The molecule has 6 heteroatoms. The molecule has 0 atom stereocenters. The van der Waals surface area contributed by atoms with Gasteiger partial charge in [-0.2, -0.15) is 0 Å². The van der Waals surface area contributed by atoms with E-state index in [2.05, 4.69) is 12.2 Å². The number of aryl methyl sites for hydroxylation is 1. The van der Waals surface area contributed by atoms with E-state index in [0.717, 1.165) is 25.7 Å². The molecule has 1 heterocycles. The quantitative estimate of drug-likeness (QED) is 0.863. The predicted molar refractivity (Wildman–Crippen MR) is 91.9 cm³/mol. The first kappa shape index (κ1) is 17.9. The molecule has 0 aliphatic carbocycles. The van der Waals surface area contributed by atoms with Gasteiger partial charge in [0.2, 0.25) is 10.0 Å². The summed E-state index contributed by atoms with van der Waals surface area (Å²) in [4.78, 5) is 12.2. The summed E-state index contributed by atoms with van der Waals surface area (Å²) in [6, 6.07) is 7.74. The topological polar surface area (TPSA) is 66.5 Å². The second-order valence-electron chi connectivity index (χ2n) is 6.26. The normalized spacial score (nSPS) is 17.1. The second kappa shape index (κ2) is 7.93. The van der Waals surface area contributed by atoms with Crippen molar-refractivity contribution in [3.05, 3.63) is 35.4 Å². The molecular formula is C17H26N2O3S. The first-order valence-electron chi connectivity index (χ1n) is 8.22. The maximum Gasteiger partial charge on any atom is 0.251 e. The van der Waals surface area contributed by atoms with E-state index in [9.17, 15) is 13.2 Å². The first-order chi connectivity index (χ1) is 10.9. The molecule has 0 aromatic heterocycles. The zero-order chi connectivity index (χ0) is 16.9. The maximum absolute atomic E-state index is 12.2. The number of carbonyl (C=O) groups excluding carboxylic acids is 1. The van der Waals surface area contributed by atoms with E-state index in [1.54, 1.807) is 0 Å². The van der Waals surface area contributed by atoms with E-state index < -0.39 is 10.0 Å². The predicted octanol–water partition coefficient (Wildman–Crippen LogP) is 2.04. The fourth-order valence-electron chi connectivity index (χ4n) is 2.90. The molecule has 5 nitrogen and oxygen atoms in total. The molecule has 128 valence electrons. The number of hydrogen-bond donors (Lipinski definition) is 1. The van der Waals surface area contributed by atoms with Gasteiger partial charge >= 0.3 is 0 Å². The van der Waals surface area contributed by atoms with Crippen LogP contribution in [-0.4, -0.2) is 44.5 Å². The lowest BCUT2D eigenvalue weighted by molar-refractivity contribution is 0.0941. The molecule has 1 fully saturated rings. The van der Waals surface area contributed by atoms with Gasteiger partial charge in [-0.3, -0.25) is 4.79 Å². The lowest BCUT2D eigenvalue weighted by atomic mass is 9.98. The number of nitrogens with one attached hydrogen (secondary N) is 1. The van der Waals surface area contributed by atoms with Crippen LogP contribution in [0.5, 0.6) is 0 Å². The fourth-order valence-corrected chi connectivity index (χ4v) is 3.77. The first-order valence-corrected chi connectivity index (χ1v) is 10.1. The highest BCUT2D eigenvalue weighted by atomic mass is 32.2. The Morgan fingerprint density at radius 2 is 1.83 bits per heavy atom. The monoisotopic (exact) mass is 338 g/mol. The standard InChI is InChI=1S/C17H26N2O3S/c1-3-4-14-5-7-16(8-6-14)17(20)18-13-15-9-11-19(12-10-15)23(2,21)22/h5-8,15H,3-4,9-13H2,1-2H3,(H,18,20). The zero-order valence-corrected chi connectivity index (χ0v) is 14.7. The molecule has 1 aromatic carbocycles. The molecule has 1 saturated heterocycles. The van der Waals surface area contributed by atoms with E-state index in [1.807, 2.05) is 24.3 Å². The lowest BCUT2D eigenvalue weighted by Gasteiger charge is -2.30. The van der Waals surface area contributed by atoms with Gasteiger partial charge in [-0.25, -0.2) is 12.7 Å². The van der Waals surface area contributed by atoms with Crippen molar-refractivity contribution in [2.45, 2.75) is 32.6 Å². The molecule has 23 heavy (non-hydrogen) atoms. The molecule has 2 rings (SSSR count). The van der Waals surface area contributed by atoms with Crippen LogP contribution in [-0.2, 0) is 16.4 Å².